The monoisotopic (exact) mass is 193 g/mol. The fourth-order valence-corrected chi connectivity index (χ4v) is 0.267. The van der Waals surface area contributed by atoms with Crippen molar-refractivity contribution in [1.82, 2.24) is 5.32 Å². The van der Waals surface area contributed by atoms with Crippen LogP contribution in [0.4, 0.5) is 0 Å². The first-order valence-electron chi connectivity index (χ1n) is 2.23. The van der Waals surface area contributed by atoms with Gasteiger partial charge in [0.05, 0.1) is 11.9 Å². The molecule has 12 heavy (non-hydrogen) atoms. The second-order valence-electron chi connectivity index (χ2n) is 1.35. The number of carbonyl (C=O) groups is 2. The first-order valence-corrected chi connectivity index (χ1v) is 2.23. The van der Waals surface area contributed by atoms with Gasteiger partial charge in [-0.3, -0.25) is 0 Å². The van der Waals surface area contributed by atoms with Crippen molar-refractivity contribution in [2.45, 2.75) is 7.43 Å². The van der Waals surface area contributed by atoms with Crippen molar-refractivity contribution in [3.05, 3.63) is 0 Å². The Morgan fingerprint density at radius 1 is 1.00 bits per heavy atom. The summed E-state index contributed by atoms with van der Waals surface area (Å²) in [6.07, 6.45) is 0. The largest absolute Gasteiger partial charge is 1.00 e. The van der Waals surface area contributed by atoms with Gasteiger partial charge < -0.3 is 25.1 Å². The maximum atomic E-state index is 9.59. The molecule has 0 rings (SSSR count). The molecule has 0 saturated heterocycles. The minimum Gasteiger partial charge on any atom is -0.549 e. The molecule has 60 valence electrons. The van der Waals surface area contributed by atoms with Crippen molar-refractivity contribution in [2.24, 2.45) is 0 Å². The predicted molar refractivity (Wildman–Crippen MR) is 29.6 cm³/mol. The van der Waals surface area contributed by atoms with Gasteiger partial charge in [-0.15, -0.1) is 0 Å². The van der Waals surface area contributed by atoms with E-state index in [1.807, 2.05) is 0 Å². The molecule has 0 spiro atoms. The Balaban J connectivity index is -0.000000107. The van der Waals surface area contributed by atoms with Crippen LogP contribution < -0.4 is 74.6 Å². The van der Waals surface area contributed by atoms with Gasteiger partial charge in [-0.05, 0) is 0 Å². The number of rotatable bonds is 4. The van der Waals surface area contributed by atoms with E-state index in [1.54, 1.807) is 0 Å². The van der Waals surface area contributed by atoms with Crippen LogP contribution in [0.15, 0.2) is 0 Å². The molecule has 0 amide bonds. The third kappa shape index (κ3) is 22.4. The van der Waals surface area contributed by atoms with Crippen LogP contribution in [0.1, 0.15) is 7.43 Å². The van der Waals surface area contributed by atoms with Gasteiger partial charge in [0.1, 0.15) is 0 Å². The van der Waals surface area contributed by atoms with Crippen molar-refractivity contribution >= 4 is 11.9 Å². The number of carboxylic acids is 2. The Bertz CT molecular complexity index is 117. The second kappa shape index (κ2) is 14.4. The van der Waals surface area contributed by atoms with E-state index in [-0.39, 0.29) is 66.5 Å². The van der Waals surface area contributed by atoms with Gasteiger partial charge in [-0.2, -0.15) is 0 Å². The number of hydrogen-bond donors (Lipinski definition) is 1. The Morgan fingerprint density at radius 2 is 1.25 bits per heavy atom. The SMILES string of the molecule is C.O=C([O-])CNCC(=O)[O-].[Na+].[Na+]. The molecule has 0 saturated carbocycles. The molecule has 0 aromatic rings. The molecule has 0 radical (unpaired) electrons. The van der Waals surface area contributed by atoms with Crippen LogP contribution >= 0.6 is 0 Å². The van der Waals surface area contributed by atoms with Crippen LogP contribution in [0, 0.1) is 0 Å². The zero-order valence-corrected chi connectivity index (χ0v) is 10.5. The number of carbonyl (C=O) groups excluding carboxylic acids is 2. The summed E-state index contributed by atoms with van der Waals surface area (Å²) in [5.74, 6) is -2.67. The fraction of sp³-hybridized carbons (Fsp3) is 0.600. The van der Waals surface area contributed by atoms with E-state index in [0.29, 0.717) is 0 Å². The Morgan fingerprint density at radius 3 is 1.42 bits per heavy atom. The summed E-state index contributed by atoms with van der Waals surface area (Å²) in [5, 5.41) is 21.2. The van der Waals surface area contributed by atoms with Crippen molar-refractivity contribution < 1.29 is 78.9 Å². The van der Waals surface area contributed by atoms with E-state index in [0.717, 1.165) is 0 Å². The smallest absolute Gasteiger partial charge is 0.549 e. The van der Waals surface area contributed by atoms with Gasteiger partial charge in [0, 0.05) is 13.1 Å². The molecule has 0 unspecified atom stereocenters. The van der Waals surface area contributed by atoms with Crippen LogP contribution in [-0.4, -0.2) is 25.0 Å². The molecule has 0 fully saturated rings. The van der Waals surface area contributed by atoms with Gasteiger partial charge in [0.2, 0.25) is 0 Å². The van der Waals surface area contributed by atoms with Gasteiger partial charge >= 0.3 is 59.1 Å². The Kier molecular flexibility index (Phi) is 27.7. The summed E-state index contributed by atoms with van der Waals surface area (Å²) in [7, 11) is 0. The molecular weight excluding hydrogens is 184 g/mol. The topological polar surface area (TPSA) is 92.3 Å². The molecule has 7 heteroatoms. The van der Waals surface area contributed by atoms with Crippen molar-refractivity contribution in [2.75, 3.05) is 13.1 Å². The zero-order chi connectivity index (χ0) is 7.28. The molecule has 0 aliphatic heterocycles. The maximum Gasteiger partial charge on any atom is 1.00 e. The van der Waals surface area contributed by atoms with E-state index in [2.05, 4.69) is 5.32 Å². The van der Waals surface area contributed by atoms with Gasteiger partial charge in [-0.25, -0.2) is 0 Å². The van der Waals surface area contributed by atoms with E-state index in [1.165, 1.54) is 0 Å². The molecule has 1 N–H and O–H groups in total. The standard InChI is InChI=1S/C4H7NO4.CH4.2Na/c6-3(7)1-5-2-4(8)9;;;/h5H,1-2H2,(H,6,7)(H,8,9);1H4;;/q;;2*+1/p-2. The third-order valence-corrected chi connectivity index (χ3v) is 0.539. The average molecular weight is 193 g/mol. The molecule has 0 aromatic heterocycles. The van der Waals surface area contributed by atoms with Crippen LogP contribution in [0.2, 0.25) is 0 Å². The third-order valence-electron chi connectivity index (χ3n) is 0.539. The minimum absolute atomic E-state index is 0. The summed E-state index contributed by atoms with van der Waals surface area (Å²) >= 11 is 0. The Labute approximate surface area is 115 Å². The second-order valence-corrected chi connectivity index (χ2v) is 1.35. The van der Waals surface area contributed by atoms with Crippen LogP contribution in [-0.2, 0) is 9.59 Å². The molecule has 0 heterocycles. The molecular formula is C5H9NNa2O4. The predicted octanol–water partition coefficient (Wildman–Crippen LogP) is -9.28. The fourth-order valence-electron chi connectivity index (χ4n) is 0.267. The number of hydrogen-bond acceptors (Lipinski definition) is 5. The first kappa shape index (κ1) is 23.1. The van der Waals surface area contributed by atoms with E-state index in [4.69, 9.17) is 0 Å². The first-order chi connectivity index (χ1) is 4.13. The number of aliphatic carboxylic acids is 2. The summed E-state index contributed by atoms with van der Waals surface area (Å²) in [6.45, 7) is -0.929. The minimum atomic E-state index is -1.34. The summed E-state index contributed by atoms with van der Waals surface area (Å²) in [5.41, 5.74) is 0. The molecule has 0 aliphatic rings. The molecule has 0 bridgehead atoms. The van der Waals surface area contributed by atoms with Gasteiger partial charge in [0.25, 0.3) is 0 Å². The van der Waals surface area contributed by atoms with Crippen LogP contribution in [0.5, 0.6) is 0 Å². The molecule has 5 nitrogen and oxygen atoms in total. The molecule has 0 aliphatic carbocycles. The normalized spacial score (nSPS) is 6.67. The molecule has 0 aromatic carbocycles. The summed E-state index contributed by atoms with van der Waals surface area (Å²) in [6, 6.07) is 0. The van der Waals surface area contributed by atoms with Crippen LogP contribution in [0.3, 0.4) is 0 Å². The van der Waals surface area contributed by atoms with Crippen LogP contribution in [0.25, 0.3) is 0 Å². The van der Waals surface area contributed by atoms with Gasteiger partial charge in [-0.1, -0.05) is 7.43 Å². The summed E-state index contributed by atoms with van der Waals surface area (Å²) in [4.78, 5) is 19.2. The molecule has 0 atom stereocenters. The van der Waals surface area contributed by atoms with Crippen molar-refractivity contribution in [3.8, 4) is 0 Å². The van der Waals surface area contributed by atoms with E-state index in [9.17, 15) is 19.8 Å². The van der Waals surface area contributed by atoms with E-state index < -0.39 is 25.0 Å². The Hall–Kier alpha value is 0.900. The number of nitrogens with one attached hydrogen (secondary N) is 1. The summed E-state index contributed by atoms with van der Waals surface area (Å²) < 4.78 is 0. The average Bonchev–Trinajstić information content (AvgIpc) is 1.63. The van der Waals surface area contributed by atoms with Gasteiger partial charge in [0.15, 0.2) is 0 Å². The maximum absolute atomic E-state index is 9.59. The van der Waals surface area contributed by atoms with Crippen molar-refractivity contribution in [1.29, 1.82) is 0 Å². The number of carboxylic acid groups (broad SMARTS) is 2. The quantitative estimate of drug-likeness (QED) is 0.447. The van der Waals surface area contributed by atoms with E-state index >= 15 is 0 Å². The van der Waals surface area contributed by atoms with Crippen molar-refractivity contribution in [3.63, 3.8) is 0 Å². The zero-order valence-electron chi connectivity index (χ0n) is 6.55.